The summed E-state index contributed by atoms with van der Waals surface area (Å²) in [6.45, 7) is 6.94. The third kappa shape index (κ3) is 7.02. The molecule has 0 fully saturated rings. The fourth-order valence-electron chi connectivity index (χ4n) is 3.28. The number of hydrogen-bond acceptors (Lipinski definition) is 5. The van der Waals surface area contributed by atoms with Gasteiger partial charge in [-0.3, -0.25) is 19.1 Å². The number of aromatic amines is 1. The van der Waals surface area contributed by atoms with Crippen molar-refractivity contribution in [2.75, 3.05) is 22.9 Å². The van der Waals surface area contributed by atoms with Crippen molar-refractivity contribution in [3.05, 3.63) is 56.2 Å². The number of rotatable bonds is 12. The number of amides is 1. The second-order valence-corrected chi connectivity index (χ2v) is 8.71. The van der Waals surface area contributed by atoms with Gasteiger partial charge in [-0.1, -0.05) is 62.9 Å². The number of carbonyl (C=O) groups is 1. The van der Waals surface area contributed by atoms with E-state index in [0.717, 1.165) is 37.7 Å². The maximum absolute atomic E-state index is 13.1. The molecule has 0 aliphatic heterocycles. The molecule has 0 saturated carbocycles. The van der Waals surface area contributed by atoms with Gasteiger partial charge in [-0.05, 0) is 25.3 Å². The van der Waals surface area contributed by atoms with Crippen molar-refractivity contribution in [1.29, 1.82) is 0 Å². The highest BCUT2D eigenvalue weighted by Crippen LogP contribution is 2.21. The maximum Gasteiger partial charge on any atom is 0.330 e. The van der Waals surface area contributed by atoms with Crippen LogP contribution in [0.5, 0.6) is 0 Å². The number of nitrogen functional groups attached to an aromatic ring is 1. The first-order chi connectivity index (χ1) is 14.9. The van der Waals surface area contributed by atoms with Gasteiger partial charge in [-0.25, -0.2) is 4.79 Å². The topological polar surface area (TPSA) is 101 Å². The van der Waals surface area contributed by atoms with Crippen molar-refractivity contribution in [2.45, 2.75) is 65.2 Å². The molecule has 0 aliphatic rings. The Bertz CT molecular complexity index is 966. The number of benzene rings is 1. The first kappa shape index (κ1) is 24.8. The molecule has 0 aliphatic carbocycles. The predicted molar refractivity (Wildman–Crippen MR) is 130 cm³/mol. The Morgan fingerprint density at radius 2 is 1.77 bits per heavy atom. The Hall–Kier alpha value is -2.48. The summed E-state index contributed by atoms with van der Waals surface area (Å²) in [5.74, 6) is 0.825. The van der Waals surface area contributed by atoms with Gasteiger partial charge < -0.3 is 10.6 Å². The van der Waals surface area contributed by atoms with Crippen LogP contribution in [0.3, 0.4) is 0 Å². The lowest BCUT2D eigenvalue weighted by Crippen LogP contribution is -2.42. The number of nitrogens with zero attached hydrogens (tertiary/aromatic N) is 2. The van der Waals surface area contributed by atoms with Crippen LogP contribution in [0, 0.1) is 6.92 Å². The zero-order valence-corrected chi connectivity index (χ0v) is 19.6. The molecule has 1 heterocycles. The average Bonchev–Trinajstić information content (AvgIpc) is 2.73. The van der Waals surface area contributed by atoms with Gasteiger partial charge in [0.25, 0.3) is 5.56 Å². The molecule has 0 radical (unpaired) electrons. The highest BCUT2D eigenvalue weighted by atomic mass is 32.2. The van der Waals surface area contributed by atoms with E-state index in [9.17, 15) is 14.4 Å². The number of nitrogens with one attached hydrogen (secondary N) is 1. The Kier molecular flexibility index (Phi) is 9.91. The number of aryl methyl sites for hydroxylation is 1. The second-order valence-electron chi connectivity index (χ2n) is 7.73. The van der Waals surface area contributed by atoms with Crippen LogP contribution in [-0.4, -0.2) is 27.8 Å². The van der Waals surface area contributed by atoms with E-state index in [4.69, 9.17) is 5.73 Å². The third-order valence-corrected chi connectivity index (χ3v) is 6.11. The van der Waals surface area contributed by atoms with Crippen LogP contribution < -0.4 is 21.9 Å². The fraction of sp³-hybridized carbons (Fsp3) is 0.522. The van der Waals surface area contributed by atoms with Crippen LogP contribution in [0.25, 0.3) is 0 Å². The third-order valence-electron chi connectivity index (χ3n) is 5.12. The SMILES string of the molecule is CCCCCN(C(=O)CSCc1ccc(C)cc1)c1c(N)n(CCCC)c(=O)[nH]c1=O. The first-order valence-electron chi connectivity index (χ1n) is 10.9. The zero-order valence-electron chi connectivity index (χ0n) is 18.8. The molecule has 1 aromatic heterocycles. The van der Waals surface area contributed by atoms with Gasteiger partial charge in [-0.15, -0.1) is 11.8 Å². The van der Waals surface area contributed by atoms with Gasteiger partial charge >= 0.3 is 5.69 Å². The van der Waals surface area contributed by atoms with Gasteiger partial charge in [0.1, 0.15) is 5.82 Å². The molecule has 1 aromatic carbocycles. The molecule has 0 bridgehead atoms. The largest absolute Gasteiger partial charge is 0.383 e. The standard InChI is InChI=1S/C23H34N4O3S/c1-4-6-8-14-26(19(28)16-31-15-18-11-9-17(3)10-12-18)20-21(24)27(13-7-5-2)23(30)25-22(20)29/h9-12H,4-8,13-16,24H2,1-3H3,(H,25,29,30). The molecule has 2 rings (SSSR count). The van der Waals surface area contributed by atoms with Gasteiger partial charge in [-0.2, -0.15) is 0 Å². The monoisotopic (exact) mass is 446 g/mol. The number of aromatic nitrogens is 2. The lowest BCUT2D eigenvalue weighted by Gasteiger charge is -2.24. The molecule has 170 valence electrons. The first-order valence-corrected chi connectivity index (χ1v) is 12.1. The summed E-state index contributed by atoms with van der Waals surface area (Å²) < 4.78 is 1.36. The van der Waals surface area contributed by atoms with Crippen molar-refractivity contribution < 1.29 is 4.79 Å². The van der Waals surface area contributed by atoms with Crippen molar-refractivity contribution in [3.63, 3.8) is 0 Å². The lowest BCUT2D eigenvalue weighted by atomic mass is 10.2. The van der Waals surface area contributed by atoms with Crippen molar-refractivity contribution in [1.82, 2.24) is 9.55 Å². The molecular weight excluding hydrogens is 412 g/mol. The van der Waals surface area contributed by atoms with Crippen molar-refractivity contribution in [2.24, 2.45) is 0 Å². The quantitative estimate of drug-likeness (QED) is 0.484. The number of carbonyl (C=O) groups excluding carboxylic acids is 1. The molecule has 7 nitrogen and oxygen atoms in total. The smallest absolute Gasteiger partial charge is 0.330 e. The Labute approximate surface area is 188 Å². The molecule has 0 unspecified atom stereocenters. The van der Waals surface area contributed by atoms with E-state index < -0.39 is 11.2 Å². The fourth-order valence-corrected chi connectivity index (χ4v) is 4.14. The highest BCUT2D eigenvalue weighted by Gasteiger charge is 2.23. The van der Waals surface area contributed by atoms with Crippen LogP contribution in [0.4, 0.5) is 11.5 Å². The van der Waals surface area contributed by atoms with E-state index in [2.05, 4.69) is 36.2 Å². The summed E-state index contributed by atoms with van der Waals surface area (Å²) >= 11 is 1.50. The molecule has 8 heteroatoms. The van der Waals surface area contributed by atoms with E-state index in [0.29, 0.717) is 18.8 Å². The van der Waals surface area contributed by atoms with Gasteiger partial charge in [0, 0.05) is 18.8 Å². The minimum atomic E-state index is -0.608. The molecule has 0 spiro atoms. The Morgan fingerprint density at radius 1 is 1.10 bits per heavy atom. The van der Waals surface area contributed by atoms with Crippen LogP contribution in [0.1, 0.15) is 57.1 Å². The summed E-state index contributed by atoms with van der Waals surface area (Å²) in [5.41, 5.74) is 7.53. The Morgan fingerprint density at radius 3 is 2.42 bits per heavy atom. The summed E-state index contributed by atoms with van der Waals surface area (Å²) in [6, 6.07) is 8.21. The van der Waals surface area contributed by atoms with Gasteiger partial charge in [0.05, 0.1) is 5.75 Å². The van der Waals surface area contributed by atoms with E-state index in [1.54, 1.807) is 0 Å². The van der Waals surface area contributed by atoms with Crippen LogP contribution in [-0.2, 0) is 17.1 Å². The van der Waals surface area contributed by atoms with E-state index >= 15 is 0 Å². The number of hydrogen-bond donors (Lipinski definition) is 2. The zero-order chi connectivity index (χ0) is 22.8. The second kappa shape index (κ2) is 12.4. The number of nitrogens with two attached hydrogens (primary N) is 1. The number of H-pyrrole nitrogens is 1. The summed E-state index contributed by atoms with van der Waals surface area (Å²) in [4.78, 5) is 41.8. The number of unbranched alkanes of at least 4 members (excludes halogenated alkanes) is 3. The van der Waals surface area contributed by atoms with Gasteiger partial charge in [0.15, 0.2) is 5.69 Å². The molecule has 0 atom stereocenters. The number of anilines is 2. The average molecular weight is 447 g/mol. The van der Waals surface area contributed by atoms with E-state index in [1.807, 2.05) is 13.8 Å². The molecular formula is C23H34N4O3S. The molecule has 2 aromatic rings. The van der Waals surface area contributed by atoms with E-state index in [-0.39, 0.29) is 23.2 Å². The van der Waals surface area contributed by atoms with Crippen LogP contribution >= 0.6 is 11.8 Å². The summed E-state index contributed by atoms with van der Waals surface area (Å²) in [7, 11) is 0. The highest BCUT2D eigenvalue weighted by molar-refractivity contribution is 7.99. The Balaban J connectivity index is 2.24. The minimum absolute atomic E-state index is 0.0654. The number of thioether (sulfide) groups is 1. The summed E-state index contributed by atoms with van der Waals surface area (Å²) in [5, 5.41) is 0. The normalized spacial score (nSPS) is 10.9. The molecule has 31 heavy (non-hydrogen) atoms. The molecule has 0 saturated heterocycles. The molecule has 3 N–H and O–H groups in total. The predicted octanol–water partition coefficient (Wildman–Crippen LogP) is 3.68. The molecule has 1 amide bonds. The van der Waals surface area contributed by atoms with Crippen molar-refractivity contribution >= 4 is 29.2 Å². The van der Waals surface area contributed by atoms with E-state index in [1.165, 1.54) is 26.8 Å². The van der Waals surface area contributed by atoms with Crippen molar-refractivity contribution in [3.8, 4) is 0 Å². The maximum atomic E-state index is 13.1. The van der Waals surface area contributed by atoms with Gasteiger partial charge in [0.2, 0.25) is 5.91 Å². The lowest BCUT2D eigenvalue weighted by molar-refractivity contribution is -0.116. The summed E-state index contributed by atoms with van der Waals surface area (Å²) in [6.07, 6.45) is 4.33. The minimum Gasteiger partial charge on any atom is -0.383 e. The van der Waals surface area contributed by atoms with Crippen LogP contribution in [0.15, 0.2) is 33.9 Å². The van der Waals surface area contributed by atoms with Crippen LogP contribution in [0.2, 0.25) is 0 Å².